The summed E-state index contributed by atoms with van der Waals surface area (Å²) in [5.41, 5.74) is 0. The van der Waals surface area contributed by atoms with E-state index in [4.69, 9.17) is 0 Å². The fraction of sp³-hybridized carbons (Fsp3) is 1.00. The molecule has 33 aliphatic rings. The molecule has 0 saturated heterocycles. The molecule has 0 aromatic heterocycles. The lowest BCUT2D eigenvalue weighted by atomic mass is 9.66. The van der Waals surface area contributed by atoms with Crippen molar-refractivity contribution in [3.8, 4) is 0 Å². The number of hydrogen-bond donors (Lipinski definition) is 0. The standard InChI is InChI=1S/C12H18.C12H22.2C11H20.C10H16.3C10H18.C9H14.C9H16.C8H12.C8H14/c1-2-8-5-7(1)11-9-3-4-10(6-9)12(8)11;1-2-6-12-9-3-7-11(5-1)8-4-10-12;1-4-10-6-2-7-11(5-1)9-3-8-10;1-2-5-11-7-3-6-10(4-1)8-9-11;1-2-9-7-4-5-8(6-7)10(9)3-1;1-3-9-5-2-6-10(4-1)8-7-9;1-2-5-10-7-3-6-9(4-1)8-10;1-2-4-10-7-5-9(3-1)6-8-10;1-2-7-5-6(1)8-3-4-9(7)8;1-2-4-9-6-5-8(3-1)7-9;1-2-6-3-5(1)7-4-8(6)7;1-2-8-5-3-7(1)4-6-8/h7-12H,1-6H2;11-12H,1-10H2;2*10-11H,1-9H2;7-10H,1-6H2;3*9-10H,1-8H2;6-9H,1-5H2;8-9H,1-7H2;5-8H,1-4H2;7-8H,1-6H2. The van der Waals surface area contributed by atoms with Crippen LogP contribution in [0.3, 0.4) is 0 Å². The lowest BCUT2D eigenvalue weighted by Gasteiger charge is -2.40. The van der Waals surface area contributed by atoms with Gasteiger partial charge in [0.15, 0.2) is 0 Å². The Kier molecular flexibility index (Phi) is 35.4. The van der Waals surface area contributed by atoms with E-state index in [1.54, 1.807) is 430 Å². The van der Waals surface area contributed by atoms with Crippen LogP contribution in [0.2, 0.25) is 0 Å². The van der Waals surface area contributed by atoms with E-state index in [1.165, 1.54) is 229 Å². The van der Waals surface area contributed by atoms with E-state index < -0.39 is 0 Å². The van der Waals surface area contributed by atoms with Crippen molar-refractivity contribution < 1.29 is 0 Å². The molecule has 22 atom stereocenters. The molecular formula is C120H206. The van der Waals surface area contributed by atoms with Gasteiger partial charge in [-0.1, -0.05) is 411 Å². The van der Waals surface area contributed by atoms with E-state index in [0.29, 0.717) is 0 Å². The predicted octanol–water partition coefficient (Wildman–Crippen LogP) is 37.7. The van der Waals surface area contributed by atoms with Crippen molar-refractivity contribution >= 4 is 0 Å². The van der Waals surface area contributed by atoms with Gasteiger partial charge < -0.3 is 0 Å². The smallest absolute Gasteiger partial charge is 0.0323 e. The molecular weight excluding hydrogens is 1440 g/mol. The minimum Gasteiger partial charge on any atom is -0.0530 e. The Hall–Kier alpha value is 0. The highest BCUT2D eigenvalue weighted by atomic mass is 14.7. The summed E-state index contributed by atoms with van der Waals surface area (Å²) in [5.74, 6) is 40.0. The highest BCUT2D eigenvalue weighted by Gasteiger charge is 2.60. The Morgan fingerprint density at radius 1 is 0.0750 bits per heavy atom. The quantitative estimate of drug-likeness (QED) is 0.212. The first-order valence-corrected chi connectivity index (χ1v) is 59.4. The van der Waals surface area contributed by atoms with Crippen LogP contribution in [0.15, 0.2) is 0 Å². The topological polar surface area (TPSA) is 0 Å². The monoisotopic (exact) mass is 1650 g/mol. The van der Waals surface area contributed by atoms with Gasteiger partial charge in [0, 0.05) is 0 Å². The first-order chi connectivity index (χ1) is 59.4. The Labute approximate surface area is 748 Å². The molecule has 0 radical (unpaired) electrons. The second kappa shape index (κ2) is 46.9. The molecule has 0 amide bonds. The van der Waals surface area contributed by atoms with Crippen molar-refractivity contribution in [2.45, 2.75) is 552 Å². The van der Waals surface area contributed by atoms with Crippen molar-refractivity contribution in [3.05, 3.63) is 0 Å². The van der Waals surface area contributed by atoms with Gasteiger partial charge >= 0.3 is 0 Å². The molecule has 0 nitrogen and oxygen atoms in total. The second-order valence-corrected chi connectivity index (χ2v) is 52.3. The van der Waals surface area contributed by atoms with Crippen molar-refractivity contribution in [2.24, 2.45) is 201 Å². The lowest BCUT2D eigenvalue weighted by Crippen LogP contribution is -2.31. The van der Waals surface area contributed by atoms with E-state index in [1.807, 2.05) is 0 Å². The summed E-state index contributed by atoms with van der Waals surface area (Å²) >= 11 is 0. The Morgan fingerprint density at radius 3 is 0.442 bits per heavy atom. The van der Waals surface area contributed by atoms with Gasteiger partial charge in [0.05, 0.1) is 0 Å². The van der Waals surface area contributed by atoms with Gasteiger partial charge in [0.1, 0.15) is 0 Å². The number of hydrogen-bond acceptors (Lipinski definition) is 0. The van der Waals surface area contributed by atoms with Gasteiger partial charge in [-0.2, -0.15) is 0 Å². The fourth-order valence-corrected chi connectivity index (χ4v) is 38.3. The van der Waals surface area contributed by atoms with Crippen LogP contribution in [0.4, 0.5) is 0 Å². The summed E-state index contributed by atoms with van der Waals surface area (Å²) in [6, 6.07) is 0. The van der Waals surface area contributed by atoms with Gasteiger partial charge in [0.25, 0.3) is 0 Å². The fourth-order valence-electron chi connectivity index (χ4n) is 38.3. The molecule has 26 bridgehead atoms. The summed E-state index contributed by atoms with van der Waals surface area (Å²) < 4.78 is 0. The molecule has 33 saturated carbocycles. The highest BCUT2D eigenvalue weighted by molar-refractivity contribution is 5.09. The van der Waals surface area contributed by atoms with E-state index >= 15 is 0 Å². The molecule has 0 aliphatic heterocycles. The molecule has 686 valence electrons. The predicted molar refractivity (Wildman–Crippen MR) is 516 cm³/mol. The zero-order valence-corrected chi connectivity index (χ0v) is 80.4. The minimum absolute atomic E-state index is 1.11. The third-order valence-electron chi connectivity index (χ3n) is 45.3. The normalized spacial score (nSPS) is 47.8. The molecule has 33 fully saturated rings. The average molecular weight is 1650 g/mol. The van der Waals surface area contributed by atoms with Crippen LogP contribution >= 0.6 is 0 Å². The van der Waals surface area contributed by atoms with Crippen molar-refractivity contribution in [1.29, 1.82) is 0 Å². The van der Waals surface area contributed by atoms with Crippen molar-refractivity contribution in [1.82, 2.24) is 0 Å². The third-order valence-corrected chi connectivity index (χ3v) is 45.3. The van der Waals surface area contributed by atoms with E-state index in [9.17, 15) is 0 Å². The van der Waals surface area contributed by atoms with Crippen LogP contribution < -0.4 is 0 Å². The maximum Gasteiger partial charge on any atom is -0.0323 e. The molecule has 0 spiro atoms. The van der Waals surface area contributed by atoms with E-state index in [0.717, 1.165) is 94.7 Å². The van der Waals surface area contributed by atoms with Crippen LogP contribution in [-0.4, -0.2) is 0 Å². The zero-order valence-electron chi connectivity index (χ0n) is 80.4. The van der Waals surface area contributed by atoms with Gasteiger partial charge in [-0.25, -0.2) is 0 Å². The van der Waals surface area contributed by atoms with Crippen LogP contribution in [-0.2, 0) is 0 Å². The molecule has 0 heteroatoms. The van der Waals surface area contributed by atoms with Crippen LogP contribution in [0.1, 0.15) is 552 Å². The summed E-state index contributed by atoms with van der Waals surface area (Å²) in [4.78, 5) is 0. The van der Waals surface area contributed by atoms with Gasteiger partial charge in [-0.05, 0) is 342 Å². The number of rotatable bonds is 0. The third kappa shape index (κ3) is 25.6. The SMILES string of the molecule is C1CC2C3CCC(C3)C2C1.C1CC2CC1C1C3CCC(C3)C21.C1CC2CC1C1CC21.C1CC2CC1C1CCC21.C1CC2CCC1CC2.C1CC2CCCC(C1)CC2.C1CC2CCCC(C1)CCC2.C1CCC2CCC(C1)C2.C1CCC2CCC(C1)CC2.C1CCC2CCCC(C1)C2.C1CCC2CCCC(C1)CC2.C1CCC2CCCC(C1)CCC2. The average Bonchev–Trinajstić information content (AvgIpc) is 1.57. The first-order valence-electron chi connectivity index (χ1n) is 59.4. The Bertz CT molecular complexity index is 2540. The molecule has 33 aliphatic carbocycles. The molecule has 120 heavy (non-hydrogen) atoms. The van der Waals surface area contributed by atoms with E-state index in [-0.39, 0.29) is 0 Å². The minimum atomic E-state index is 1.11. The largest absolute Gasteiger partial charge is 0.0530 e. The van der Waals surface area contributed by atoms with Crippen LogP contribution in [0, 0.1) is 201 Å². The molecule has 0 heterocycles. The highest BCUT2D eigenvalue weighted by Crippen LogP contribution is 2.68. The van der Waals surface area contributed by atoms with E-state index in [2.05, 4.69) is 0 Å². The van der Waals surface area contributed by atoms with Crippen LogP contribution in [0.5, 0.6) is 0 Å². The zero-order chi connectivity index (χ0) is 80.4. The maximum atomic E-state index is 1.64. The van der Waals surface area contributed by atoms with Gasteiger partial charge in [-0.3, -0.25) is 0 Å². The molecule has 22 unspecified atom stereocenters. The second-order valence-electron chi connectivity index (χ2n) is 52.3. The number of fused-ring (bicyclic) bond motifs is 55. The maximum absolute atomic E-state index is 1.64. The first kappa shape index (κ1) is 90.5. The van der Waals surface area contributed by atoms with Gasteiger partial charge in [0.2, 0.25) is 0 Å². The van der Waals surface area contributed by atoms with Gasteiger partial charge in [-0.15, -0.1) is 0 Å². The molecule has 33 rings (SSSR count). The Morgan fingerprint density at radius 2 is 0.217 bits per heavy atom. The van der Waals surface area contributed by atoms with Crippen molar-refractivity contribution in [3.63, 3.8) is 0 Å². The van der Waals surface area contributed by atoms with Crippen LogP contribution in [0.25, 0.3) is 0 Å². The summed E-state index contributed by atoms with van der Waals surface area (Å²) in [6.45, 7) is 0. The summed E-state index contributed by atoms with van der Waals surface area (Å²) in [7, 11) is 0. The molecule has 0 aromatic carbocycles. The lowest BCUT2D eigenvalue weighted by molar-refractivity contribution is 0.103. The molecule has 0 aromatic rings. The summed E-state index contributed by atoms with van der Waals surface area (Å²) in [6.07, 6.45) is 134. The summed E-state index contributed by atoms with van der Waals surface area (Å²) in [5, 5.41) is 0. The Balaban J connectivity index is 0.0000000899. The molecule has 0 N–H and O–H groups in total. The van der Waals surface area contributed by atoms with Crippen molar-refractivity contribution in [2.75, 3.05) is 0 Å².